The molecule has 0 unspecified atom stereocenters. The second kappa shape index (κ2) is 6.19. The van der Waals surface area contributed by atoms with E-state index in [4.69, 9.17) is 4.74 Å². The van der Waals surface area contributed by atoms with Crippen LogP contribution in [0.3, 0.4) is 0 Å². The van der Waals surface area contributed by atoms with Crippen molar-refractivity contribution in [2.24, 2.45) is 0 Å². The van der Waals surface area contributed by atoms with Gasteiger partial charge in [0.1, 0.15) is 5.75 Å². The molecule has 0 saturated carbocycles. The number of anilines is 1. The van der Waals surface area contributed by atoms with Crippen LogP contribution in [0.1, 0.15) is 5.56 Å². The first-order valence-electron chi connectivity index (χ1n) is 5.77. The molecule has 0 spiro atoms. The summed E-state index contributed by atoms with van der Waals surface area (Å²) in [6, 6.07) is 6.74. The molecule has 100 valence electrons. The van der Waals surface area contributed by atoms with Crippen LogP contribution < -0.4 is 10.1 Å². The maximum Gasteiger partial charge on any atom is 0.275 e. The molecule has 1 aromatic carbocycles. The molecule has 2 rings (SSSR count). The van der Waals surface area contributed by atoms with Gasteiger partial charge in [-0.25, -0.2) is 0 Å². The molecule has 0 aliphatic carbocycles. The molecule has 2 aromatic rings. The fourth-order valence-electron chi connectivity index (χ4n) is 1.69. The minimum Gasteiger partial charge on any atom is -0.496 e. The van der Waals surface area contributed by atoms with Gasteiger partial charge in [0.15, 0.2) is 0 Å². The van der Waals surface area contributed by atoms with Gasteiger partial charge < -0.3 is 10.1 Å². The van der Waals surface area contributed by atoms with Crippen LogP contribution in [0.15, 0.2) is 35.0 Å². The molecule has 1 N–H and O–H groups in total. The number of nitro benzene ring substituents is 1. The predicted molar refractivity (Wildman–Crippen MR) is 76.2 cm³/mol. The molecule has 5 nitrogen and oxygen atoms in total. The lowest BCUT2D eigenvalue weighted by Gasteiger charge is -2.07. The van der Waals surface area contributed by atoms with Crippen LogP contribution in [0, 0.1) is 10.1 Å². The Kier molecular flexibility index (Phi) is 4.35. The summed E-state index contributed by atoms with van der Waals surface area (Å²) in [5.74, 6) is 0.479. The van der Waals surface area contributed by atoms with Crippen LogP contribution in [0.4, 0.5) is 11.4 Å². The number of benzene rings is 1. The number of ether oxygens (including phenoxy) is 1. The van der Waals surface area contributed by atoms with Gasteiger partial charge in [-0.2, -0.15) is 11.3 Å². The number of methoxy groups -OCH3 is 1. The zero-order valence-electron chi connectivity index (χ0n) is 10.5. The molecule has 0 saturated heterocycles. The van der Waals surface area contributed by atoms with E-state index >= 15 is 0 Å². The Morgan fingerprint density at radius 1 is 1.42 bits per heavy atom. The van der Waals surface area contributed by atoms with Crippen LogP contribution in [0.2, 0.25) is 0 Å². The van der Waals surface area contributed by atoms with Crippen LogP contribution in [0.25, 0.3) is 0 Å². The number of non-ortho nitro benzene ring substituents is 1. The maximum atomic E-state index is 10.8. The van der Waals surface area contributed by atoms with E-state index in [-0.39, 0.29) is 5.69 Å². The van der Waals surface area contributed by atoms with Crippen molar-refractivity contribution in [2.45, 2.75) is 6.42 Å². The summed E-state index contributed by atoms with van der Waals surface area (Å²) in [5, 5.41) is 18.1. The molecule has 6 heteroatoms. The second-order valence-electron chi connectivity index (χ2n) is 3.99. The lowest BCUT2D eigenvalue weighted by molar-refractivity contribution is -0.384. The van der Waals surface area contributed by atoms with Crippen LogP contribution in [-0.4, -0.2) is 18.6 Å². The van der Waals surface area contributed by atoms with Crippen molar-refractivity contribution in [2.75, 3.05) is 19.0 Å². The van der Waals surface area contributed by atoms with Gasteiger partial charge >= 0.3 is 0 Å². The number of hydrogen-bond acceptors (Lipinski definition) is 5. The van der Waals surface area contributed by atoms with Crippen LogP contribution in [-0.2, 0) is 6.42 Å². The average molecular weight is 278 g/mol. The minimum absolute atomic E-state index is 0.0254. The van der Waals surface area contributed by atoms with E-state index in [0.717, 1.165) is 13.0 Å². The zero-order valence-corrected chi connectivity index (χ0v) is 11.3. The average Bonchev–Trinajstić information content (AvgIpc) is 2.91. The minimum atomic E-state index is -0.424. The first-order chi connectivity index (χ1) is 9.19. The molecule has 0 amide bonds. The van der Waals surface area contributed by atoms with E-state index in [0.29, 0.717) is 11.4 Å². The molecule has 0 aliphatic heterocycles. The van der Waals surface area contributed by atoms with E-state index < -0.39 is 4.92 Å². The maximum absolute atomic E-state index is 10.8. The monoisotopic (exact) mass is 278 g/mol. The third-order valence-corrected chi connectivity index (χ3v) is 3.39. The smallest absolute Gasteiger partial charge is 0.275 e. The summed E-state index contributed by atoms with van der Waals surface area (Å²) >= 11 is 1.66. The first kappa shape index (κ1) is 13.4. The number of rotatable bonds is 6. The molecule has 0 radical (unpaired) electrons. The fraction of sp³-hybridized carbons (Fsp3) is 0.231. The van der Waals surface area contributed by atoms with Gasteiger partial charge in [0.2, 0.25) is 0 Å². The van der Waals surface area contributed by atoms with Crippen molar-refractivity contribution < 1.29 is 9.66 Å². The normalized spacial score (nSPS) is 10.2. The molecule has 1 aromatic heterocycles. The van der Waals surface area contributed by atoms with E-state index in [1.54, 1.807) is 17.4 Å². The molecule has 0 atom stereocenters. The summed E-state index contributed by atoms with van der Waals surface area (Å²) in [6.07, 6.45) is 0.883. The highest BCUT2D eigenvalue weighted by Gasteiger charge is 2.09. The highest BCUT2D eigenvalue weighted by atomic mass is 32.1. The number of nitrogens with one attached hydrogen (secondary N) is 1. The van der Waals surface area contributed by atoms with E-state index in [1.807, 2.05) is 5.38 Å². The van der Waals surface area contributed by atoms with Gasteiger partial charge in [-0.3, -0.25) is 10.1 Å². The topological polar surface area (TPSA) is 64.4 Å². The van der Waals surface area contributed by atoms with Gasteiger partial charge in [0.25, 0.3) is 5.69 Å². The fourth-order valence-corrected chi connectivity index (χ4v) is 2.40. The van der Waals surface area contributed by atoms with Crippen molar-refractivity contribution >= 4 is 22.7 Å². The van der Waals surface area contributed by atoms with Gasteiger partial charge in [-0.15, -0.1) is 0 Å². The summed E-state index contributed by atoms with van der Waals surface area (Å²) in [5.41, 5.74) is 1.98. The van der Waals surface area contributed by atoms with Crippen molar-refractivity contribution in [3.05, 3.63) is 50.7 Å². The first-order valence-corrected chi connectivity index (χ1v) is 6.72. The van der Waals surface area contributed by atoms with Crippen molar-refractivity contribution in [1.82, 2.24) is 0 Å². The van der Waals surface area contributed by atoms with Crippen LogP contribution in [0.5, 0.6) is 5.75 Å². The van der Waals surface area contributed by atoms with Crippen molar-refractivity contribution in [3.63, 3.8) is 0 Å². The van der Waals surface area contributed by atoms with E-state index in [9.17, 15) is 10.1 Å². The molecule has 0 bridgehead atoms. The molecular weight excluding hydrogens is 264 g/mol. The largest absolute Gasteiger partial charge is 0.496 e. The Labute approximate surface area is 115 Å². The lowest BCUT2D eigenvalue weighted by atomic mass is 10.2. The predicted octanol–water partition coefficient (Wildman–Crippen LogP) is 3.32. The SMILES string of the molecule is COc1cc(NCCc2ccsc2)cc([N+](=O)[O-])c1. The second-order valence-corrected chi connectivity index (χ2v) is 4.77. The number of nitro groups is 1. The molecular formula is C13H14N2O3S. The van der Waals surface area contributed by atoms with Crippen molar-refractivity contribution in [1.29, 1.82) is 0 Å². The molecule has 0 fully saturated rings. The number of nitrogens with zero attached hydrogens (tertiary/aromatic N) is 1. The van der Waals surface area contributed by atoms with E-state index in [1.165, 1.54) is 24.8 Å². The summed E-state index contributed by atoms with van der Waals surface area (Å²) < 4.78 is 5.06. The highest BCUT2D eigenvalue weighted by molar-refractivity contribution is 7.07. The number of hydrogen-bond donors (Lipinski definition) is 1. The highest BCUT2D eigenvalue weighted by Crippen LogP contribution is 2.25. The van der Waals surface area contributed by atoms with Gasteiger partial charge in [-0.05, 0) is 28.8 Å². The Bertz CT molecular complexity index is 555. The summed E-state index contributed by atoms with van der Waals surface area (Å²) in [7, 11) is 1.49. The van der Waals surface area contributed by atoms with Gasteiger partial charge in [0, 0.05) is 24.4 Å². The van der Waals surface area contributed by atoms with Crippen molar-refractivity contribution in [3.8, 4) is 5.75 Å². The summed E-state index contributed by atoms with van der Waals surface area (Å²) in [6.45, 7) is 0.723. The lowest BCUT2D eigenvalue weighted by Crippen LogP contribution is -2.05. The third kappa shape index (κ3) is 3.69. The Hall–Kier alpha value is -2.08. The molecule has 0 aliphatic rings. The standard InChI is InChI=1S/C13H14N2O3S/c1-18-13-7-11(6-12(8-13)15(16)17)14-4-2-10-3-5-19-9-10/h3,5-9,14H,2,4H2,1H3. The Morgan fingerprint density at radius 2 is 2.26 bits per heavy atom. The molecule has 1 heterocycles. The quantitative estimate of drug-likeness (QED) is 0.650. The third-order valence-electron chi connectivity index (χ3n) is 2.66. The van der Waals surface area contributed by atoms with Gasteiger partial charge in [0.05, 0.1) is 18.1 Å². The van der Waals surface area contributed by atoms with E-state index in [2.05, 4.69) is 16.8 Å². The van der Waals surface area contributed by atoms with Crippen LogP contribution >= 0.6 is 11.3 Å². The van der Waals surface area contributed by atoms with Gasteiger partial charge in [-0.1, -0.05) is 0 Å². The summed E-state index contributed by atoms with van der Waals surface area (Å²) in [4.78, 5) is 10.4. The molecule has 19 heavy (non-hydrogen) atoms. The number of thiophene rings is 1. The zero-order chi connectivity index (χ0) is 13.7. The Morgan fingerprint density at radius 3 is 2.89 bits per heavy atom. The Balaban J connectivity index is 2.02.